The first-order valence-corrected chi connectivity index (χ1v) is 12.2. The Morgan fingerprint density at radius 1 is 1.18 bits per heavy atom. The minimum absolute atomic E-state index is 0.222. The molecule has 4 heterocycles. The number of ether oxygens (including phenoxy) is 1. The lowest BCUT2D eigenvalue weighted by molar-refractivity contribution is 0.0205. The van der Waals surface area contributed by atoms with Gasteiger partial charge in [-0.05, 0) is 64.3 Å². The van der Waals surface area contributed by atoms with Crippen molar-refractivity contribution in [3.8, 4) is 11.3 Å². The van der Waals surface area contributed by atoms with E-state index in [4.69, 9.17) is 14.7 Å². The number of likely N-dealkylation sites (tertiary alicyclic amines) is 1. The fraction of sp³-hybridized carbons (Fsp3) is 0.440. The SMILES string of the molecule is Cc1cc(-c2cc3sc(C4CCN(C(=O)OC(C)(C)C)CC4)nc3cn2)cc2cn(C)nc12. The van der Waals surface area contributed by atoms with E-state index in [2.05, 4.69) is 30.2 Å². The van der Waals surface area contributed by atoms with E-state index in [1.54, 1.807) is 11.3 Å². The molecule has 7 nitrogen and oxygen atoms in total. The fourth-order valence-electron chi connectivity index (χ4n) is 4.40. The van der Waals surface area contributed by atoms with Crippen LogP contribution in [0.1, 0.15) is 50.1 Å². The summed E-state index contributed by atoms with van der Waals surface area (Å²) in [5.74, 6) is 0.360. The fourth-order valence-corrected chi connectivity index (χ4v) is 5.54. The number of amides is 1. The van der Waals surface area contributed by atoms with E-state index in [9.17, 15) is 4.79 Å². The number of piperidine rings is 1. The molecule has 1 saturated heterocycles. The molecule has 1 aliphatic heterocycles. The number of thiazole rings is 1. The Kier molecular flexibility index (Phi) is 5.35. The van der Waals surface area contributed by atoms with Crippen molar-refractivity contribution in [1.29, 1.82) is 0 Å². The molecule has 3 aromatic heterocycles. The molecule has 5 rings (SSSR count). The van der Waals surface area contributed by atoms with Gasteiger partial charge in [0.2, 0.25) is 0 Å². The standard InChI is InChI=1S/C25H29N5O2S/c1-15-10-17(11-18-14-29(5)28-22(15)18)19-12-21-20(13-26-19)27-23(33-21)16-6-8-30(9-7-16)24(31)32-25(2,3)4/h10-14,16H,6-9H2,1-5H3. The van der Waals surface area contributed by atoms with Gasteiger partial charge in [-0.2, -0.15) is 5.10 Å². The summed E-state index contributed by atoms with van der Waals surface area (Å²) in [4.78, 5) is 23.8. The van der Waals surface area contributed by atoms with Crippen molar-refractivity contribution in [3.05, 3.63) is 41.2 Å². The van der Waals surface area contributed by atoms with Crippen LogP contribution in [0.25, 0.3) is 32.4 Å². The van der Waals surface area contributed by atoms with E-state index in [1.165, 1.54) is 0 Å². The Hall–Kier alpha value is -3.00. The monoisotopic (exact) mass is 463 g/mol. The van der Waals surface area contributed by atoms with Crippen LogP contribution < -0.4 is 0 Å². The first-order valence-electron chi connectivity index (χ1n) is 11.3. The Morgan fingerprint density at radius 2 is 1.94 bits per heavy atom. The topological polar surface area (TPSA) is 73.1 Å². The van der Waals surface area contributed by atoms with Crippen LogP contribution in [0.15, 0.2) is 30.6 Å². The van der Waals surface area contributed by atoms with E-state index in [0.29, 0.717) is 19.0 Å². The molecular weight excluding hydrogens is 434 g/mol. The lowest BCUT2D eigenvalue weighted by Crippen LogP contribution is -2.41. The molecule has 4 aromatic rings. The number of hydrogen-bond acceptors (Lipinski definition) is 6. The van der Waals surface area contributed by atoms with Gasteiger partial charge in [-0.15, -0.1) is 11.3 Å². The van der Waals surface area contributed by atoms with Crippen molar-refractivity contribution >= 4 is 38.5 Å². The molecule has 0 aliphatic carbocycles. The van der Waals surface area contributed by atoms with Crippen LogP contribution in [0.5, 0.6) is 0 Å². The van der Waals surface area contributed by atoms with Gasteiger partial charge in [-0.25, -0.2) is 9.78 Å². The highest BCUT2D eigenvalue weighted by atomic mass is 32.1. The Labute approximate surface area is 197 Å². The summed E-state index contributed by atoms with van der Waals surface area (Å²) in [7, 11) is 1.94. The first-order chi connectivity index (χ1) is 15.7. The lowest BCUT2D eigenvalue weighted by atomic mass is 9.98. The average Bonchev–Trinajstić information content (AvgIpc) is 3.35. The number of hydrogen-bond donors (Lipinski definition) is 0. The molecular formula is C25H29N5O2S. The molecule has 0 saturated carbocycles. The number of fused-ring (bicyclic) bond motifs is 2. The summed E-state index contributed by atoms with van der Waals surface area (Å²) in [5.41, 5.74) is 4.69. The molecule has 0 bridgehead atoms. The Bertz CT molecular complexity index is 1340. The third-order valence-electron chi connectivity index (χ3n) is 6.00. The third-order valence-corrected chi connectivity index (χ3v) is 7.18. The molecule has 0 spiro atoms. The van der Waals surface area contributed by atoms with Crippen LogP contribution in [0.2, 0.25) is 0 Å². The predicted molar refractivity (Wildman–Crippen MR) is 132 cm³/mol. The number of pyridine rings is 1. The summed E-state index contributed by atoms with van der Waals surface area (Å²) < 4.78 is 8.51. The van der Waals surface area contributed by atoms with Gasteiger partial charge in [0.25, 0.3) is 0 Å². The maximum atomic E-state index is 12.4. The van der Waals surface area contributed by atoms with Gasteiger partial charge >= 0.3 is 6.09 Å². The van der Waals surface area contributed by atoms with E-state index in [1.807, 2.05) is 49.8 Å². The quantitative estimate of drug-likeness (QED) is 0.383. The van der Waals surface area contributed by atoms with Gasteiger partial charge < -0.3 is 9.64 Å². The average molecular weight is 464 g/mol. The molecule has 1 amide bonds. The van der Waals surface area contributed by atoms with Gasteiger partial charge in [-0.1, -0.05) is 0 Å². The highest BCUT2D eigenvalue weighted by molar-refractivity contribution is 7.18. The summed E-state index contributed by atoms with van der Waals surface area (Å²) >= 11 is 1.74. The maximum absolute atomic E-state index is 12.4. The van der Waals surface area contributed by atoms with E-state index < -0.39 is 5.60 Å². The van der Waals surface area contributed by atoms with Crippen molar-refractivity contribution in [1.82, 2.24) is 24.6 Å². The molecule has 1 aliphatic rings. The molecule has 33 heavy (non-hydrogen) atoms. The Balaban J connectivity index is 1.35. The first kappa shape index (κ1) is 21.8. The number of carbonyl (C=O) groups excluding carboxylic acids is 1. The van der Waals surface area contributed by atoms with Crippen molar-refractivity contribution < 1.29 is 9.53 Å². The zero-order valence-electron chi connectivity index (χ0n) is 19.8. The van der Waals surface area contributed by atoms with Gasteiger partial charge in [-0.3, -0.25) is 9.67 Å². The van der Waals surface area contributed by atoms with Crippen LogP contribution >= 0.6 is 11.3 Å². The Morgan fingerprint density at radius 3 is 2.67 bits per heavy atom. The van der Waals surface area contributed by atoms with E-state index in [-0.39, 0.29) is 6.09 Å². The summed E-state index contributed by atoms with van der Waals surface area (Å²) in [6, 6.07) is 6.44. The summed E-state index contributed by atoms with van der Waals surface area (Å²) in [6.07, 6.45) is 5.49. The number of nitrogens with zero attached hydrogens (tertiary/aromatic N) is 5. The molecule has 0 atom stereocenters. The zero-order chi connectivity index (χ0) is 23.3. The maximum Gasteiger partial charge on any atom is 0.410 e. The second-order valence-corrected chi connectivity index (χ2v) is 10.9. The van der Waals surface area contributed by atoms with Gasteiger partial charge in [0.1, 0.15) is 5.60 Å². The molecule has 1 aromatic carbocycles. The van der Waals surface area contributed by atoms with Gasteiger partial charge in [0, 0.05) is 43.2 Å². The normalized spacial score (nSPS) is 15.5. The summed E-state index contributed by atoms with van der Waals surface area (Å²) in [6.45, 7) is 9.18. The number of aromatic nitrogens is 4. The second-order valence-electron chi connectivity index (χ2n) is 9.86. The van der Waals surface area contributed by atoms with Crippen molar-refractivity contribution in [2.24, 2.45) is 7.05 Å². The van der Waals surface area contributed by atoms with E-state index >= 15 is 0 Å². The molecule has 0 radical (unpaired) electrons. The number of benzene rings is 1. The zero-order valence-corrected chi connectivity index (χ0v) is 20.6. The van der Waals surface area contributed by atoms with Gasteiger partial charge in [0.05, 0.1) is 32.6 Å². The minimum atomic E-state index is -0.467. The third kappa shape index (κ3) is 4.44. The van der Waals surface area contributed by atoms with Crippen LogP contribution in [0, 0.1) is 6.92 Å². The molecule has 0 N–H and O–H groups in total. The molecule has 0 unspecified atom stereocenters. The smallest absolute Gasteiger partial charge is 0.410 e. The van der Waals surface area contributed by atoms with Crippen LogP contribution in [0.4, 0.5) is 4.79 Å². The molecule has 1 fully saturated rings. The van der Waals surface area contributed by atoms with Crippen LogP contribution in [0.3, 0.4) is 0 Å². The van der Waals surface area contributed by atoms with Crippen molar-refractivity contribution in [3.63, 3.8) is 0 Å². The molecule has 172 valence electrons. The highest BCUT2D eigenvalue weighted by Gasteiger charge is 2.29. The largest absolute Gasteiger partial charge is 0.444 e. The predicted octanol–water partition coefficient (Wildman–Crippen LogP) is 5.67. The number of carbonyl (C=O) groups is 1. The highest BCUT2D eigenvalue weighted by Crippen LogP contribution is 2.36. The minimum Gasteiger partial charge on any atom is -0.444 e. The number of aryl methyl sites for hydroxylation is 2. The van der Waals surface area contributed by atoms with Crippen molar-refractivity contribution in [2.75, 3.05) is 13.1 Å². The second kappa shape index (κ2) is 8.09. The lowest BCUT2D eigenvalue weighted by Gasteiger charge is -2.32. The van der Waals surface area contributed by atoms with Crippen molar-refractivity contribution in [2.45, 2.75) is 52.1 Å². The van der Waals surface area contributed by atoms with Crippen LogP contribution in [-0.2, 0) is 11.8 Å². The summed E-state index contributed by atoms with van der Waals surface area (Å²) in [5, 5.41) is 6.79. The van der Waals surface area contributed by atoms with Gasteiger partial charge in [0.15, 0.2) is 0 Å². The number of rotatable bonds is 2. The molecule has 8 heteroatoms. The van der Waals surface area contributed by atoms with Crippen LogP contribution in [-0.4, -0.2) is 49.4 Å². The van der Waals surface area contributed by atoms with E-state index in [0.717, 1.165) is 55.8 Å².